The predicted molar refractivity (Wildman–Crippen MR) is 68.6 cm³/mol. The molecule has 1 atom stereocenters. The Labute approximate surface area is 106 Å². The Bertz CT molecular complexity index is 512. The Morgan fingerprint density at radius 3 is 2.89 bits per heavy atom. The van der Waals surface area contributed by atoms with Gasteiger partial charge in [-0.2, -0.15) is 4.98 Å². The highest BCUT2D eigenvalue weighted by molar-refractivity contribution is 5.71. The number of imidazole rings is 1. The van der Waals surface area contributed by atoms with Crippen LogP contribution in [0, 0.1) is 0 Å². The van der Waals surface area contributed by atoms with Gasteiger partial charge in [-0.1, -0.05) is 0 Å². The van der Waals surface area contributed by atoms with Gasteiger partial charge < -0.3 is 20.2 Å². The zero-order valence-corrected chi connectivity index (χ0v) is 10.6. The smallest absolute Gasteiger partial charge is 0.215 e. The van der Waals surface area contributed by atoms with E-state index in [2.05, 4.69) is 15.0 Å². The minimum absolute atomic E-state index is 0.0162. The molecule has 0 spiro atoms. The number of methoxy groups -OCH3 is 1. The lowest BCUT2D eigenvalue weighted by Gasteiger charge is -2.12. The van der Waals surface area contributed by atoms with Gasteiger partial charge in [0.05, 0.1) is 18.7 Å². The molecule has 0 bridgehead atoms. The van der Waals surface area contributed by atoms with Crippen LogP contribution < -0.4 is 10.5 Å². The lowest BCUT2D eigenvalue weighted by atomic mass is 10.2. The summed E-state index contributed by atoms with van der Waals surface area (Å²) in [5, 5.41) is 0. The quantitative estimate of drug-likeness (QED) is 0.794. The molecule has 0 saturated heterocycles. The molecule has 6 nitrogen and oxygen atoms in total. The van der Waals surface area contributed by atoms with Gasteiger partial charge in [-0.3, -0.25) is 0 Å². The average Bonchev–Trinajstić information content (AvgIpc) is 2.79. The maximum atomic E-state index is 5.64. The third-order valence-electron chi connectivity index (χ3n) is 2.66. The molecular weight excluding hydrogens is 232 g/mol. The van der Waals surface area contributed by atoms with Gasteiger partial charge in [0.25, 0.3) is 0 Å². The topological polar surface area (TPSA) is 86.1 Å². The number of nitrogens with one attached hydrogen (secondary N) is 1. The van der Waals surface area contributed by atoms with Gasteiger partial charge in [-0.05, 0) is 13.0 Å². The fraction of sp³-hybridized carbons (Fsp3) is 0.500. The Hall–Kier alpha value is -1.66. The van der Waals surface area contributed by atoms with Gasteiger partial charge in [0, 0.05) is 25.6 Å². The molecule has 0 aliphatic rings. The van der Waals surface area contributed by atoms with E-state index in [0.29, 0.717) is 31.1 Å². The van der Waals surface area contributed by atoms with E-state index in [-0.39, 0.29) is 6.10 Å². The number of aromatic amines is 1. The summed E-state index contributed by atoms with van der Waals surface area (Å²) in [5.41, 5.74) is 7.18. The van der Waals surface area contributed by atoms with E-state index in [9.17, 15) is 0 Å². The standard InChI is InChI=1S/C12H18N4O2/c1-3-18-8(7-13)6-10-14-9-4-5-11(17-2)16-12(9)15-10/h4-5,8H,3,6-7,13H2,1-2H3,(H,14,15,16). The van der Waals surface area contributed by atoms with Crippen LogP contribution in [-0.4, -0.2) is 41.3 Å². The maximum Gasteiger partial charge on any atom is 0.215 e. The fourth-order valence-corrected chi connectivity index (χ4v) is 1.80. The van der Waals surface area contributed by atoms with Gasteiger partial charge in [0.2, 0.25) is 5.88 Å². The van der Waals surface area contributed by atoms with Gasteiger partial charge in [0.15, 0.2) is 5.65 Å². The van der Waals surface area contributed by atoms with Crippen molar-refractivity contribution in [2.45, 2.75) is 19.4 Å². The summed E-state index contributed by atoms with van der Waals surface area (Å²) in [6.45, 7) is 3.07. The number of aromatic nitrogens is 3. The first-order chi connectivity index (χ1) is 8.76. The Kier molecular flexibility index (Phi) is 4.11. The molecule has 0 aliphatic carbocycles. The number of nitrogens with two attached hydrogens (primary N) is 1. The third-order valence-corrected chi connectivity index (χ3v) is 2.66. The van der Waals surface area contributed by atoms with Crippen molar-refractivity contribution in [2.75, 3.05) is 20.3 Å². The molecule has 98 valence electrons. The van der Waals surface area contributed by atoms with E-state index in [1.54, 1.807) is 13.2 Å². The molecule has 2 heterocycles. The second kappa shape index (κ2) is 5.79. The summed E-state index contributed by atoms with van der Waals surface area (Å²) < 4.78 is 10.6. The summed E-state index contributed by atoms with van der Waals surface area (Å²) in [4.78, 5) is 11.9. The Morgan fingerprint density at radius 1 is 1.39 bits per heavy atom. The minimum atomic E-state index is -0.0162. The van der Waals surface area contributed by atoms with Crippen LogP contribution in [0.15, 0.2) is 12.1 Å². The molecule has 0 aliphatic heterocycles. The van der Waals surface area contributed by atoms with E-state index in [0.717, 1.165) is 11.3 Å². The summed E-state index contributed by atoms with van der Waals surface area (Å²) >= 11 is 0. The highest BCUT2D eigenvalue weighted by atomic mass is 16.5. The Morgan fingerprint density at radius 2 is 2.22 bits per heavy atom. The van der Waals surface area contributed by atoms with Gasteiger partial charge in [-0.15, -0.1) is 0 Å². The van der Waals surface area contributed by atoms with Crippen molar-refractivity contribution in [3.05, 3.63) is 18.0 Å². The van der Waals surface area contributed by atoms with E-state index in [1.807, 2.05) is 13.0 Å². The third kappa shape index (κ3) is 2.77. The molecule has 0 amide bonds. The molecule has 0 fully saturated rings. The average molecular weight is 250 g/mol. The molecule has 18 heavy (non-hydrogen) atoms. The number of hydrogen-bond acceptors (Lipinski definition) is 5. The first kappa shape index (κ1) is 12.8. The largest absolute Gasteiger partial charge is 0.481 e. The van der Waals surface area contributed by atoms with E-state index in [1.165, 1.54) is 0 Å². The highest BCUT2D eigenvalue weighted by Crippen LogP contribution is 2.15. The molecule has 2 rings (SSSR count). The Balaban J connectivity index is 2.18. The fourth-order valence-electron chi connectivity index (χ4n) is 1.80. The van der Waals surface area contributed by atoms with E-state index < -0.39 is 0 Å². The first-order valence-corrected chi connectivity index (χ1v) is 5.98. The monoisotopic (exact) mass is 250 g/mol. The molecule has 2 aromatic heterocycles. The van der Waals surface area contributed by atoms with E-state index >= 15 is 0 Å². The van der Waals surface area contributed by atoms with Gasteiger partial charge >= 0.3 is 0 Å². The normalized spacial score (nSPS) is 12.8. The highest BCUT2D eigenvalue weighted by Gasteiger charge is 2.11. The summed E-state index contributed by atoms with van der Waals surface area (Å²) in [5.74, 6) is 1.38. The van der Waals surface area contributed by atoms with Crippen molar-refractivity contribution < 1.29 is 9.47 Å². The van der Waals surface area contributed by atoms with Crippen molar-refractivity contribution in [2.24, 2.45) is 5.73 Å². The minimum Gasteiger partial charge on any atom is -0.481 e. The first-order valence-electron chi connectivity index (χ1n) is 5.98. The summed E-state index contributed by atoms with van der Waals surface area (Å²) in [6.07, 6.45) is 0.640. The molecule has 1 unspecified atom stereocenters. The van der Waals surface area contributed by atoms with Crippen molar-refractivity contribution in [3.8, 4) is 5.88 Å². The molecular formula is C12H18N4O2. The molecule has 3 N–H and O–H groups in total. The number of fused-ring (bicyclic) bond motifs is 1. The van der Waals surface area contributed by atoms with Crippen LogP contribution in [0.3, 0.4) is 0 Å². The molecule has 6 heteroatoms. The number of rotatable bonds is 6. The van der Waals surface area contributed by atoms with Crippen LogP contribution in [0.25, 0.3) is 11.2 Å². The van der Waals surface area contributed by atoms with Crippen molar-refractivity contribution >= 4 is 11.2 Å². The van der Waals surface area contributed by atoms with Crippen molar-refractivity contribution in [3.63, 3.8) is 0 Å². The zero-order valence-electron chi connectivity index (χ0n) is 10.6. The van der Waals surface area contributed by atoms with Crippen LogP contribution in [0.4, 0.5) is 0 Å². The molecule has 0 saturated carbocycles. The number of hydrogen-bond donors (Lipinski definition) is 2. The van der Waals surface area contributed by atoms with Gasteiger partial charge in [0.1, 0.15) is 5.82 Å². The van der Waals surface area contributed by atoms with Crippen molar-refractivity contribution in [1.29, 1.82) is 0 Å². The SMILES string of the molecule is CCOC(CN)Cc1nc2nc(OC)ccc2[nH]1. The van der Waals surface area contributed by atoms with Gasteiger partial charge in [-0.25, -0.2) is 4.98 Å². The molecule has 0 radical (unpaired) electrons. The van der Waals surface area contributed by atoms with Crippen LogP contribution in [0.5, 0.6) is 5.88 Å². The second-order valence-electron chi connectivity index (χ2n) is 3.93. The number of ether oxygens (including phenoxy) is 2. The summed E-state index contributed by atoms with van der Waals surface area (Å²) in [6, 6.07) is 3.70. The maximum absolute atomic E-state index is 5.64. The number of nitrogens with zero attached hydrogens (tertiary/aromatic N) is 2. The molecule has 0 aromatic carbocycles. The number of pyridine rings is 1. The zero-order chi connectivity index (χ0) is 13.0. The van der Waals surface area contributed by atoms with Crippen molar-refractivity contribution in [1.82, 2.24) is 15.0 Å². The lowest BCUT2D eigenvalue weighted by molar-refractivity contribution is 0.0682. The number of H-pyrrole nitrogens is 1. The molecule has 2 aromatic rings. The van der Waals surface area contributed by atoms with Crippen LogP contribution in [0.2, 0.25) is 0 Å². The van der Waals surface area contributed by atoms with E-state index in [4.69, 9.17) is 15.2 Å². The van der Waals surface area contributed by atoms with Crippen LogP contribution >= 0.6 is 0 Å². The summed E-state index contributed by atoms with van der Waals surface area (Å²) in [7, 11) is 1.58. The van der Waals surface area contributed by atoms with Crippen LogP contribution in [0.1, 0.15) is 12.7 Å². The second-order valence-corrected chi connectivity index (χ2v) is 3.93. The predicted octanol–water partition coefficient (Wildman–Crippen LogP) is 0.873. The lowest BCUT2D eigenvalue weighted by Crippen LogP contribution is -2.26. The van der Waals surface area contributed by atoms with Crippen LogP contribution in [-0.2, 0) is 11.2 Å².